The number of nitrogens with one attached hydrogen (secondary N) is 1. The Morgan fingerprint density at radius 3 is 2.44 bits per heavy atom. The highest BCUT2D eigenvalue weighted by atomic mass is 32.2. The number of rotatable bonds is 9. The average molecular weight is 397 g/mol. The van der Waals surface area contributed by atoms with Crippen molar-refractivity contribution in [1.29, 1.82) is 0 Å². The number of benzene rings is 1. The molecule has 0 radical (unpaired) electrons. The highest BCUT2D eigenvalue weighted by molar-refractivity contribution is 7.89. The van der Waals surface area contributed by atoms with Crippen LogP contribution in [0, 0.1) is 5.92 Å². The number of ether oxygens (including phenoxy) is 1. The van der Waals surface area contributed by atoms with Crippen LogP contribution in [0.15, 0.2) is 23.1 Å². The molecular weight excluding hydrogens is 364 g/mol. The van der Waals surface area contributed by atoms with E-state index in [1.807, 2.05) is 0 Å². The molecule has 6 nitrogen and oxygen atoms in total. The van der Waals surface area contributed by atoms with Crippen LogP contribution in [-0.2, 0) is 14.8 Å². The van der Waals surface area contributed by atoms with Crippen LogP contribution in [0.1, 0.15) is 58.8 Å². The maximum atomic E-state index is 12.7. The van der Waals surface area contributed by atoms with Crippen LogP contribution >= 0.6 is 0 Å². The lowest BCUT2D eigenvalue weighted by Crippen LogP contribution is -2.30. The predicted octanol–water partition coefficient (Wildman–Crippen LogP) is 4.02. The molecule has 27 heavy (non-hydrogen) atoms. The number of carbonyl (C=O) groups is 1. The van der Waals surface area contributed by atoms with Gasteiger partial charge in [-0.05, 0) is 30.5 Å². The summed E-state index contributed by atoms with van der Waals surface area (Å²) >= 11 is 0. The van der Waals surface area contributed by atoms with E-state index in [1.165, 1.54) is 55.7 Å². The summed E-state index contributed by atoms with van der Waals surface area (Å²) in [5.41, 5.74) is 0.402. The predicted molar refractivity (Wildman–Crippen MR) is 108 cm³/mol. The third-order valence-electron chi connectivity index (χ3n) is 5.29. The fourth-order valence-corrected chi connectivity index (χ4v) is 5.17. The van der Waals surface area contributed by atoms with Gasteiger partial charge in [0.05, 0.1) is 17.7 Å². The van der Waals surface area contributed by atoms with E-state index in [0.717, 1.165) is 6.42 Å². The van der Waals surface area contributed by atoms with Gasteiger partial charge in [0, 0.05) is 19.5 Å². The second-order valence-corrected chi connectivity index (χ2v) is 8.98. The molecule has 1 aromatic carbocycles. The third-order valence-corrected chi connectivity index (χ3v) is 7.34. The monoisotopic (exact) mass is 396 g/mol. The number of anilines is 1. The molecule has 0 heterocycles. The zero-order valence-electron chi connectivity index (χ0n) is 16.7. The Balaban J connectivity index is 2.11. The van der Waals surface area contributed by atoms with Crippen molar-refractivity contribution in [2.75, 3.05) is 25.5 Å². The van der Waals surface area contributed by atoms with Gasteiger partial charge in [-0.3, -0.25) is 4.79 Å². The lowest BCUT2D eigenvalue weighted by Gasteiger charge is -2.21. The molecule has 1 amide bonds. The fourth-order valence-electron chi connectivity index (χ4n) is 3.68. The summed E-state index contributed by atoms with van der Waals surface area (Å²) in [6, 6.07) is 4.60. The Morgan fingerprint density at radius 1 is 1.19 bits per heavy atom. The van der Waals surface area contributed by atoms with Crippen LogP contribution < -0.4 is 10.1 Å². The van der Waals surface area contributed by atoms with Gasteiger partial charge in [-0.1, -0.05) is 46.0 Å². The van der Waals surface area contributed by atoms with Gasteiger partial charge >= 0.3 is 0 Å². The van der Waals surface area contributed by atoms with Crippen LogP contribution in [0.3, 0.4) is 0 Å². The molecule has 152 valence electrons. The molecule has 1 saturated carbocycles. The standard InChI is InChI=1S/C20H32N2O4S/c1-4-22(5-2)27(24,25)17-12-13-19(26-3)18(15-17)21-20(23)14-11-16-9-7-6-8-10-16/h12-13,15-16H,4-11,14H2,1-3H3,(H,21,23). The van der Waals surface area contributed by atoms with Crippen LogP contribution in [0.25, 0.3) is 0 Å². The van der Waals surface area contributed by atoms with Crippen molar-refractivity contribution in [1.82, 2.24) is 4.31 Å². The van der Waals surface area contributed by atoms with Crippen molar-refractivity contribution in [2.24, 2.45) is 5.92 Å². The van der Waals surface area contributed by atoms with Gasteiger partial charge in [0.1, 0.15) is 5.75 Å². The summed E-state index contributed by atoms with van der Waals surface area (Å²) in [5, 5.41) is 2.84. The summed E-state index contributed by atoms with van der Waals surface area (Å²) < 4.78 is 32.2. The Bertz CT molecular complexity index is 723. The summed E-state index contributed by atoms with van der Waals surface area (Å²) in [6.07, 6.45) is 7.54. The first-order valence-electron chi connectivity index (χ1n) is 9.90. The van der Waals surface area contributed by atoms with Gasteiger partial charge in [-0.15, -0.1) is 0 Å². The molecule has 1 fully saturated rings. The van der Waals surface area contributed by atoms with E-state index in [-0.39, 0.29) is 10.8 Å². The van der Waals surface area contributed by atoms with Crippen LogP contribution in [0.2, 0.25) is 0 Å². The summed E-state index contributed by atoms with van der Waals surface area (Å²) in [6.45, 7) is 4.40. The molecule has 2 rings (SSSR count). The molecule has 0 aromatic heterocycles. The maximum absolute atomic E-state index is 12.7. The normalized spacial score (nSPS) is 15.7. The molecule has 0 saturated heterocycles. The van der Waals surface area contributed by atoms with Crippen molar-refractivity contribution in [3.05, 3.63) is 18.2 Å². The first-order chi connectivity index (χ1) is 12.9. The summed E-state index contributed by atoms with van der Waals surface area (Å²) in [7, 11) is -2.08. The van der Waals surface area contributed by atoms with E-state index in [9.17, 15) is 13.2 Å². The molecule has 1 aliphatic rings. The number of amides is 1. The SMILES string of the molecule is CCN(CC)S(=O)(=O)c1ccc(OC)c(NC(=O)CCC2CCCCC2)c1. The van der Waals surface area contributed by atoms with Crippen molar-refractivity contribution in [3.8, 4) is 5.75 Å². The summed E-state index contributed by atoms with van der Waals surface area (Å²) in [4.78, 5) is 12.6. The number of nitrogens with zero attached hydrogens (tertiary/aromatic N) is 1. The molecular formula is C20H32N2O4S. The second kappa shape index (κ2) is 10.1. The number of sulfonamides is 1. The molecule has 0 spiro atoms. The second-order valence-electron chi connectivity index (χ2n) is 7.04. The molecule has 0 unspecified atom stereocenters. The fraction of sp³-hybridized carbons (Fsp3) is 0.650. The van der Waals surface area contributed by atoms with E-state index in [0.29, 0.717) is 36.9 Å². The Kier molecular flexibility index (Phi) is 8.10. The first kappa shape index (κ1) is 21.7. The maximum Gasteiger partial charge on any atom is 0.243 e. The molecule has 1 N–H and O–H groups in total. The zero-order valence-corrected chi connectivity index (χ0v) is 17.5. The number of hydrogen-bond donors (Lipinski definition) is 1. The van der Waals surface area contributed by atoms with E-state index in [2.05, 4.69) is 5.32 Å². The minimum Gasteiger partial charge on any atom is -0.495 e. The van der Waals surface area contributed by atoms with Crippen molar-refractivity contribution in [3.63, 3.8) is 0 Å². The molecule has 0 aliphatic heterocycles. The van der Waals surface area contributed by atoms with Gasteiger partial charge in [0.25, 0.3) is 0 Å². The van der Waals surface area contributed by atoms with Gasteiger partial charge in [-0.25, -0.2) is 8.42 Å². The van der Waals surface area contributed by atoms with Gasteiger partial charge in [0.15, 0.2) is 0 Å². The highest BCUT2D eigenvalue weighted by Gasteiger charge is 2.23. The number of methoxy groups -OCH3 is 1. The Morgan fingerprint density at radius 2 is 1.85 bits per heavy atom. The smallest absolute Gasteiger partial charge is 0.243 e. The van der Waals surface area contributed by atoms with Gasteiger partial charge in [0.2, 0.25) is 15.9 Å². The van der Waals surface area contributed by atoms with E-state index in [4.69, 9.17) is 4.74 Å². The van der Waals surface area contributed by atoms with Gasteiger partial charge in [-0.2, -0.15) is 4.31 Å². The van der Waals surface area contributed by atoms with Gasteiger partial charge < -0.3 is 10.1 Å². The van der Waals surface area contributed by atoms with E-state index in [1.54, 1.807) is 19.9 Å². The lowest BCUT2D eigenvalue weighted by atomic mass is 9.86. The average Bonchev–Trinajstić information content (AvgIpc) is 2.68. The minimum absolute atomic E-state index is 0.101. The van der Waals surface area contributed by atoms with E-state index < -0.39 is 10.0 Å². The minimum atomic E-state index is -3.59. The third kappa shape index (κ3) is 5.69. The quantitative estimate of drug-likeness (QED) is 0.684. The Labute approximate surface area is 163 Å². The molecule has 1 aromatic rings. The first-order valence-corrected chi connectivity index (χ1v) is 11.3. The van der Waals surface area contributed by atoms with Crippen molar-refractivity contribution in [2.45, 2.75) is 63.7 Å². The van der Waals surface area contributed by atoms with Crippen LogP contribution in [0.5, 0.6) is 5.75 Å². The lowest BCUT2D eigenvalue weighted by molar-refractivity contribution is -0.116. The Hall–Kier alpha value is -1.60. The van der Waals surface area contributed by atoms with Crippen LogP contribution in [-0.4, -0.2) is 38.8 Å². The van der Waals surface area contributed by atoms with Crippen LogP contribution in [0.4, 0.5) is 5.69 Å². The molecule has 7 heteroatoms. The molecule has 1 aliphatic carbocycles. The summed E-state index contributed by atoms with van der Waals surface area (Å²) in [5.74, 6) is 0.983. The molecule has 0 bridgehead atoms. The van der Waals surface area contributed by atoms with Crippen molar-refractivity contribution >= 4 is 21.6 Å². The number of carbonyl (C=O) groups excluding carboxylic acids is 1. The largest absolute Gasteiger partial charge is 0.495 e. The molecule has 0 atom stereocenters. The number of hydrogen-bond acceptors (Lipinski definition) is 4. The topological polar surface area (TPSA) is 75.7 Å². The zero-order chi connectivity index (χ0) is 19.9. The van der Waals surface area contributed by atoms with Crippen molar-refractivity contribution < 1.29 is 17.9 Å². The van der Waals surface area contributed by atoms with E-state index >= 15 is 0 Å². The highest BCUT2D eigenvalue weighted by Crippen LogP contribution is 2.30.